The molecule has 1 N–H and O–H groups in total. The van der Waals surface area contributed by atoms with E-state index < -0.39 is 22.1 Å². The van der Waals surface area contributed by atoms with Gasteiger partial charge in [-0.1, -0.05) is 18.9 Å². The molecule has 166 valence electrons. The highest BCUT2D eigenvalue weighted by molar-refractivity contribution is 7.92. The van der Waals surface area contributed by atoms with Gasteiger partial charge in [0.05, 0.1) is 10.6 Å². The lowest BCUT2D eigenvalue weighted by Gasteiger charge is -2.22. The molecule has 1 heterocycles. The Morgan fingerprint density at radius 3 is 2.39 bits per heavy atom. The van der Waals surface area contributed by atoms with Gasteiger partial charge in [-0.2, -0.15) is 0 Å². The van der Waals surface area contributed by atoms with Crippen LogP contribution < -0.4 is 14.4 Å². The number of fused-ring (bicyclic) bond motifs is 1. The third kappa shape index (κ3) is 4.79. The highest BCUT2D eigenvalue weighted by atomic mass is 32.2. The molecule has 1 aliphatic carbocycles. The SMILES string of the molecule is O=C(C1CCCC1)N1CCc2ccc(NS(=O)(=O)c3ccc(OC(F)(F)F)cc3)cc21. The molecule has 0 bridgehead atoms. The lowest BCUT2D eigenvalue weighted by Crippen LogP contribution is -2.33. The normalized spacial score (nSPS) is 16.9. The molecule has 0 unspecified atom stereocenters. The molecule has 2 aliphatic rings. The minimum atomic E-state index is -4.86. The van der Waals surface area contributed by atoms with Crippen LogP contribution in [0.15, 0.2) is 47.4 Å². The molecule has 1 aliphatic heterocycles. The standard InChI is InChI=1S/C21H21F3N2O4S/c22-21(23,24)30-17-7-9-18(10-8-17)31(28,29)25-16-6-5-14-11-12-26(19(14)13-16)20(27)15-3-1-2-4-15/h5-10,13,15,25H,1-4,11-12H2. The van der Waals surface area contributed by atoms with Crippen LogP contribution in [0.25, 0.3) is 0 Å². The monoisotopic (exact) mass is 454 g/mol. The summed E-state index contributed by atoms with van der Waals surface area (Å²) in [7, 11) is -4.03. The fourth-order valence-electron chi connectivity index (χ4n) is 4.10. The molecular weight excluding hydrogens is 433 g/mol. The van der Waals surface area contributed by atoms with Crippen molar-refractivity contribution >= 4 is 27.3 Å². The third-order valence-electron chi connectivity index (χ3n) is 5.57. The molecule has 0 spiro atoms. The second kappa shape index (κ2) is 8.07. The molecule has 6 nitrogen and oxygen atoms in total. The Bertz CT molecular complexity index is 1080. The number of nitrogens with one attached hydrogen (secondary N) is 1. The van der Waals surface area contributed by atoms with E-state index in [1.165, 1.54) is 0 Å². The van der Waals surface area contributed by atoms with E-state index in [1.807, 2.05) is 0 Å². The van der Waals surface area contributed by atoms with Crippen LogP contribution in [0.3, 0.4) is 0 Å². The van der Waals surface area contributed by atoms with Gasteiger partial charge in [0.25, 0.3) is 10.0 Å². The maximum Gasteiger partial charge on any atom is 0.573 e. The van der Waals surface area contributed by atoms with Crippen LogP contribution in [0.5, 0.6) is 5.75 Å². The van der Waals surface area contributed by atoms with E-state index in [0.717, 1.165) is 55.5 Å². The van der Waals surface area contributed by atoms with Gasteiger partial charge in [0.2, 0.25) is 5.91 Å². The maximum absolute atomic E-state index is 12.9. The molecule has 10 heteroatoms. The quantitative estimate of drug-likeness (QED) is 0.724. The van der Waals surface area contributed by atoms with Gasteiger partial charge in [-0.05, 0) is 61.2 Å². The Kier molecular flexibility index (Phi) is 5.59. The van der Waals surface area contributed by atoms with Gasteiger partial charge in [0.1, 0.15) is 5.75 Å². The number of rotatable bonds is 5. The average molecular weight is 454 g/mol. The van der Waals surface area contributed by atoms with Gasteiger partial charge in [0, 0.05) is 18.2 Å². The molecule has 2 aromatic rings. The molecule has 0 saturated heterocycles. The molecular formula is C21H21F3N2O4S. The molecule has 4 rings (SSSR count). The number of carbonyl (C=O) groups is 1. The topological polar surface area (TPSA) is 75.7 Å². The van der Waals surface area contributed by atoms with Crippen LogP contribution in [0, 0.1) is 5.92 Å². The van der Waals surface area contributed by atoms with Crippen molar-refractivity contribution in [3.05, 3.63) is 48.0 Å². The van der Waals surface area contributed by atoms with E-state index in [4.69, 9.17) is 0 Å². The highest BCUT2D eigenvalue weighted by Crippen LogP contribution is 2.35. The molecule has 31 heavy (non-hydrogen) atoms. The summed E-state index contributed by atoms with van der Waals surface area (Å²) >= 11 is 0. The molecule has 1 amide bonds. The van der Waals surface area contributed by atoms with E-state index in [9.17, 15) is 26.4 Å². The Morgan fingerprint density at radius 2 is 1.74 bits per heavy atom. The van der Waals surface area contributed by atoms with Crippen LogP contribution in [-0.4, -0.2) is 27.2 Å². The summed E-state index contributed by atoms with van der Waals surface area (Å²) in [6, 6.07) is 8.98. The first kappa shape index (κ1) is 21.5. The summed E-state index contributed by atoms with van der Waals surface area (Å²) < 4.78 is 68.4. The summed E-state index contributed by atoms with van der Waals surface area (Å²) in [5.41, 5.74) is 1.95. The second-order valence-corrected chi connectivity index (χ2v) is 9.37. The lowest BCUT2D eigenvalue weighted by atomic mass is 10.1. The number of ether oxygens (including phenoxy) is 1. The Balaban J connectivity index is 1.52. The van der Waals surface area contributed by atoms with E-state index in [2.05, 4.69) is 9.46 Å². The van der Waals surface area contributed by atoms with Crippen molar-refractivity contribution in [2.75, 3.05) is 16.2 Å². The van der Waals surface area contributed by atoms with Crippen LogP contribution in [0.2, 0.25) is 0 Å². The second-order valence-electron chi connectivity index (χ2n) is 7.69. The molecule has 2 aromatic carbocycles. The van der Waals surface area contributed by atoms with Gasteiger partial charge in [-0.15, -0.1) is 13.2 Å². The average Bonchev–Trinajstić information content (AvgIpc) is 3.36. The zero-order valence-electron chi connectivity index (χ0n) is 16.5. The number of halogens is 3. The van der Waals surface area contributed by atoms with Gasteiger partial charge in [-0.25, -0.2) is 8.42 Å². The first-order valence-electron chi connectivity index (χ1n) is 9.95. The number of alkyl halides is 3. The third-order valence-corrected chi connectivity index (χ3v) is 6.97. The van der Waals surface area contributed by atoms with Gasteiger partial charge >= 0.3 is 6.36 Å². The van der Waals surface area contributed by atoms with Crippen LogP contribution >= 0.6 is 0 Å². The number of sulfonamides is 1. The van der Waals surface area contributed by atoms with E-state index >= 15 is 0 Å². The van der Waals surface area contributed by atoms with Crippen molar-refractivity contribution < 1.29 is 31.1 Å². The van der Waals surface area contributed by atoms with Crippen molar-refractivity contribution in [3.63, 3.8) is 0 Å². The largest absolute Gasteiger partial charge is 0.573 e. The number of anilines is 2. The van der Waals surface area contributed by atoms with Crippen LogP contribution in [-0.2, 0) is 21.2 Å². The van der Waals surface area contributed by atoms with Crippen molar-refractivity contribution in [2.24, 2.45) is 5.92 Å². The maximum atomic E-state index is 12.9. The number of hydrogen-bond donors (Lipinski definition) is 1. The minimum absolute atomic E-state index is 0.0173. The summed E-state index contributed by atoms with van der Waals surface area (Å²) in [5, 5.41) is 0. The van der Waals surface area contributed by atoms with Crippen LogP contribution in [0.4, 0.5) is 24.5 Å². The summed E-state index contributed by atoms with van der Waals surface area (Å²) in [5.74, 6) is -0.412. The van der Waals surface area contributed by atoms with Gasteiger partial charge in [0.15, 0.2) is 0 Å². The van der Waals surface area contributed by atoms with Crippen LogP contribution in [0.1, 0.15) is 31.2 Å². The molecule has 0 radical (unpaired) electrons. The number of amides is 1. The van der Waals surface area contributed by atoms with Gasteiger partial charge < -0.3 is 9.64 Å². The lowest BCUT2D eigenvalue weighted by molar-refractivity contribution is -0.274. The summed E-state index contributed by atoms with van der Waals surface area (Å²) in [4.78, 5) is 14.4. The summed E-state index contributed by atoms with van der Waals surface area (Å²) in [6.07, 6.45) is -0.296. The zero-order chi connectivity index (χ0) is 22.2. The van der Waals surface area contributed by atoms with Crippen molar-refractivity contribution in [2.45, 2.75) is 43.4 Å². The first-order chi connectivity index (χ1) is 14.6. The van der Waals surface area contributed by atoms with Crippen molar-refractivity contribution in [1.29, 1.82) is 0 Å². The van der Waals surface area contributed by atoms with Gasteiger partial charge in [-0.3, -0.25) is 9.52 Å². The molecule has 1 fully saturated rings. The number of benzene rings is 2. The minimum Gasteiger partial charge on any atom is -0.406 e. The number of hydrogen-bond acceptors (Lipinski definition) is 4. The Morgan fingerprint density at radius 1 is 1.06 bits per heavy atom. The first-order valence-corrected chi connectivity index (χ1v) is 11.4. The zero-order valence-corrected chi connectivity index (χ0v) is 17.3. The van der Waals surface area contributed by atoms with Crippen molar-refractivity contribution in [3.8, 4) is 5.75 Å². The smallest absolute Gasteiger partial charge is 0.406 e. The molecule has 0 atom stereocenters. The molecule has 0 aromatic heterocycles. The highest BCUT2D eigenvalue weighted by Gasteiger charge is 2.33. The Labute approximate surface area is 178 Å². The van der Waals surface area contributed by atoms with E-state index in [1.54, 1.807) is 23.1 Å². The van der Waals surface area contributed by atoms with E-state index in [-0.39, 0.29) is 22.4 Å². The molecule has 1 saturated carbocycles. The fraction of sp³-hybridized carbons (Fsp3) is 0.381. The predicted molar refractivity (Wildman–Crippen MR) is 108 cm³/mol. The van der Waals surface area contributed by atoms with E-state index in [0.29, 0.717) is 18.7 Å². The fourth-order valence-corrected chi connectivity index (χ4v) is 5.15. The van der Waals surface area contributed by atoms with Crippen molar-refractivity contribution in [1.82, 2.24) is 0 Å². The summed E-state index contributed by atoms with van der Waals surface area (Å²) in [6.45, 7) is 0.571. The Hall–Kier alpha value is -2.75. The number of carbonyl (C=O) groups excluding carboxylic acids is 1. The predicted octanol–water partition coefficient (Wildman–Crippen LogP) is 4.47. The number of nitrogens with zero attached hydrogens (tertiary/aromatic N) is 1.